The van der Waals surface area contributed by atoms with Gasteiger partial charge in [-0.2, -0.15) is 13.8 Å². The summed E-state index contributed by atoms with van der Waals surface area (Å²) in [7, 11) is 3.12. The van der Waals surface area contributed by atoms with E-state index in [4.69, 9.17) is 25.4 Å². The fraction of sp³-hybridized carbons (Fsp3) is 0.310. The number of piperidine rings is 1. The number of nitrogens with two attached hydrogens (primary N) is 1. The van der Waals surface area contributed by atoms with Gasteiger partial charge in [0.15, 0.2) is 11.5 Å². The van der Waals surface area contributed by atoms with Gasteiger partial charge in [-0.3, -0.25) is 10.4 Å². The zero-order chi connectivity index (χ0) is 30.0. The zero-order valence-electron chi connectivity index (χ0n) is 23.1. The highest BCUT2D eigenvalue weighted by Gasteiger charge is 2.36. The second kappa shape index (κ2) is 11.9. The SMILES string of the molecule is COC(=O)C1CCCCN1c1c(F)c(Oc2cccc(C3=NCCN3C)c2)nc(Oc2cc(C(=N)N)ccc2O)c1F. The van der Waals surface area contributed by atoms with Crippen LogP contribution in [0, 0.1) is 17.0 Å². The summed E-state index contributed by atoms with van der Waals surface area (Å²) in [5.74, 6) is -4.36. The number of aromatic hydroxyl groups is 1. The summed E-state index contributed by atoms with van der Waals surface area (Å²) in [6.45, 7) is 1.56. The molecule has 220 valence electrons. The Morgan fingerprint density at radius 3 is 2.55 bits per heavy atom. The van der Waals surface area contributed by atoms with Gasteiger partial charge in [-0.05, 0) is 49.6 Å². The zero-order valence-corrected chi connectivity index (χ0v) is 23.1. The van der Waals surface area contributed by atoms with Gasteiger partial charge in [0.05, 0.1) is 13.7 Å². The first kappa shape index (κ1) is 28.6. The minimum absolute atomic E-state index is 0.156. The average molecular weight is 581 g/mol. The summed E-state index contributed by atoms with van der Waals surface area (Å²) in [4.78, 5) is 24.3. The molecule has 0 saturated carbocycles. The fourth-order valence-corrected chi connectivity index (χ4v) is 4.98. The maximum atomic E-state index is 16.2. The topological polar surface area (TPSA) is 147 Å². The van der Waals surface area contributed by atoms with Crippen molar-refractivity contribution in [3.8, 4) is 29.0 Å². The number of aromatic nitrogens is 1. The lowest BCUT2D eigenvalue weighted by Gasteiger charge is -2.36. The quantitative estimate of drug-likeness (QED) is 0.203. The molecule has 0 bridgehead atoms. The van der Waals surface area contributed by atoms with Crippen LogP contribution in [0.15, 0.2) is 47.5 Å². The molecule has 2 aliphatic heterocycles. The lowest BCUT2D eigenvalue weighted by molar-refractivity contribution is -0.142. The van der Waals surface area contributed by atoms with Crippen molar-refractivity contribution in [3.63, 3.8) is 0 Å². The fourth-order valence-electron chi connectivity index (χ4n) is 4.98. The van der Waals surface area contributed by atoms with Crippen molar-refractivity contribution < 1.29 is 32.9 Å². The number of phenols is 1. The minimum atomic E-state index is -1.21. The van der Waals surface area contributed by atoms with Gasteiger partial charge in [0.25, 0.3) is 11.8 Å². The molecule has 11 nitrogen and oxygen atoms in total. The first-order valence-electron chi connectivity index (χ1n) is 13.3. The molecule has 2 aromatic carbocycles. The van der Waals surface area contributed by atoms with E-state index in [1.807, 2.05) is 18.0 Å². The molecular formula is C29H30F2N6O5. The highest BCUT2D eigenvalue weighted by Crippen LogP contribution is 2.41. The van der Waals surface area contributed by atoms with E-state index in [2.05, 4.69) is 9.98 Å². The molecule has 1 atom stereocenters. The number of anilines is 1. The number of ether oxygens (including phenoxy) is 3. The highest BCUT2D eigenvalue weighted by molar-refractivity contribution is 6.00. The van der Waals surface area contributed by atoms with Gasteiger partial charge in [0, 0.05) is 31.3 Å². The van der Waals surface area contributed by atoms with E-state index in [-0.39, 0.29) is 29.4 Å². The van der Waals surface area contributed by atoms with Gasteiger partial charge < -0.3 is 34.9 Å². The lowest BCUT2D eigenvalue weighted by atomic mass is 10.0. The van der Waals surface area contributed by atoms with E-state index in [9.17, 15) is 9.90 Å². The number of aliphatic imine (C=N–C) groups is 1. The predicted molar refractivity (Wildman–Crippen MR) is 151 cm³/mol. The monoisotopic (exact) mass is 580 g/mol. The summed E-state index contributed by atoms with van der Waals surface area (Å²) < 4.78 is 48.7. The second-order valence-electron chi connectivity index (χ2n) is 9.88. The number of rotatable bonds is 8. The molecule has 42 heavy (non-hydrogen) atoms. The van der Waals surface area contributed by atoms with E-state index in [1.54, 1.807) is 18.2 Å². The number of phenolic OH excluding ortho intramolecular Hbond substituents is 1. The standard InChI is InChI=1S/C29H30F2N6O5/c1-36-13-11-34-26(36)17-6-5-7-18(14-17)41-27-22(30)24(37-12-4-3-8-19(37)29(39)40-2)23(31)28(35-27)42-21-15-16(25(32)33)9-10-20(21)38/h5-7,9-10,14-15,19,38H,3-4,8,11-13H2,1-2H3,(H3,32,33). The Bertz CT molecular complexity index is 1570. The molecule has 3 heterocycles. The van der Waals surface area contributed by atoms with Crippen LogP contribution in [-0.4, -0.2) is 72.5 Å². The molecule has 4 N–H and O–H groups in total. The van der Waals surface area contributed by atoms with Gasteiger partial charge in [-0.1, -0.05) is 12.1 Å². The first-order valence-corrected chi connectivity index (χ1v) is 13.3. The van der Waals surface area contributed by atoms with Crippen LogP contribution in [0.2, 0.25) is 0 Å². The Hall–Kier alpha value is -4.94. The summed E-state index contributed by atoms with van der Waals surface area (Å²) in [6.07, 6.45) is 1.55. The molecule has 0 spiro atoms. The number of pyridine rings is 1. The number of amidine groups is 2. The number of benzene rings is 2. The maximum absolute atomic E-state index is 16.2. The molecule has 5 rings (SSSR count). The predicted octanol–water partition coefficient (Wildman–Crippen LogP) is 4.16. The van der Waals surface area contributed by atoms with Gasteiger partial charge in [0.2, 0.25) is 11.6 Å². The molecule has 0 aliphatic carbocycles. The molecule has 1 fully saturated rings. The normalized spacial score (nSPS) is 16.7. The number of nitrogens with zero attached hydrogens (tertiary/aromatic N) is 4. The number of esters is 1. The summed E-state index contributed by atoms with van der Waals surface area (Å²) in [5.41, 5.74) is 5.91. The summed E-state index contributed by atoms with van der Waals surface area (Å²) >= 11 is 0. The highest BCUT2D eigenvalue weighted by atomic mass is 19.1. The number of methoxy groups -OCH3 is 1. The first-order chi connectivity index (χ1) is 20.2. The summed E-state index contributed by atoms with van der Waals surface area (Å²) in [5, 5.41) is 18.0. The van der Waals surface area contributed by atoms with Gasteiger partial charge in [0.1, 0.15) is 29.1 Å². The molecule has 1 unspecified atom stereocenters. The van der Waals surface area contributed by atoms with Gasteiger partial charge >= 0.3 is 5.97 Å². The minimum Gasteiger partial charge on any atom is -0.504 e. The van der Waals surface area contributed by atoms with Crippen LogP contribution in [0.4, 0.5) is 14.5 Å². The molecular weight excluding hydrogens is 550 g/mol. The van der Waals surface area contributed by atoms with E-state index >= 15 is 8.78 Å². The van der Waals surface area contributed by atoms with Crippen LogP contribution in [0.5, 0.6) is 29.0 Å². The largest absolute Gasteiger partial charge is 0.504 e. The number of likely N-dealkylation sites (N-methyl/N-ethyl adjacent to an activating group) is 1. The Morgan fingerprint density at radius 1 is 1.10 bits per heavy atom. The van der Waals surface area contributed by atoms with E-state index < -0.39 is 46.8 Å². The van der Waals surface area contributed by atoms with Crippen molar-refractivity contribution in [2.24, 2.45) is 10.7 Å². The van der Waals surface area contributed by atoms with Crippen LogP contribution in [0.25, 0.3) is 0 Å². The van der Waals surface area contributed by atoms with E-state index in [0.717, 1.165) is 17.9 Å². The van der Waals surface area contributed by atoms with E-state index in [1.165, 1.54) is 30.2 Å². The Kier molecular flexibility index (Phi) is 8.09. The molecule has 0 radical (unpaired) electrons. The van der Waals surface area contributed by atoms with Gasteiger partial charge in [-0.15, -0.1) is 0 Å². The average Bonchev–Trinajstić information content (AvgIpc) is 3.42. The van der Waals surface area contributed by atoms with Gasteiger partial charge in [-0.25, -0.2) is 4.79 Å². The van der Waals surface area contributed by atoms with Crippen molar-refractivity contribution in [1.82, 2.24) is 9.88 Å². The number of nitrogen functional groups attached to an aromatic ring is 1. The Balaban J connectivity index is 1.61. The third kappa shape index (κ3) is 5.62. The van der Waals surface area contributed by atoms with Crippen LogP contribution in [0.3, 0.4) is 0 Å². The van der Waals surface area contributed by atoms with Crippen LogP contribution in [0.1, 0.15) is 30.4 Å². The van der Waals surface area contributed by atoms with Crippen LogP contribution >= 0.6 is 0 Å². The number of hydrogen-bond donors (Lipinski definition) is 3. The second-order valence-corrected chi connectivity index (χ2v) is 9.88. The summed E-state index contributed by atoms with van der Waals surface area (Å²) in [6, 6.07) is 9.66. The number of nitrogens with one attached hydrogen (secondary N) is 1. The molecule has 1 aromatic heterocycles. The number of carbonyl (C=O) groups excluding carboxylic acids is 1. The lowest BCUT2D eigenvalue weighted by Crippen LogP contribution is -2.46. The van der Waals surface area contributed by atoms with Crippen molar-refractivity contribution >= 4 is 23.3 Å². The Labute approximate surface area is 240 Å². The van der Waals surface area contributed by atoms with Crippen molar-refractivity contribution in [3.05, 3.63) is 65.2 Å². The Morgan fingerprint density at radius 2 is 1.86 bits per heavy atom. The smallest absolute Gasteiger partial charge is 0.328 e. The number of hydrogen-bond acceptors (Lipinski definition) is 10. The molecule has 0 amide bonds. The third-order valence-corrected chi connectivity index (χ3v) is 7.10. The maximum Gasteiger partial charge on any atom is 0.328 e. The third-order valence-electron chi connectivity index (χ3n) is 7.10. The number of halogens is 2. The van der Waals surface area contributed by atoms with Crippen LogP contribution in [-0.2, 0) is 9.53 Å². The van der Waals surface area contributed by atoms with Crippen molar-refractivity contribution in [2.45, 2.75) is 25.3 Å². The molecule has 1 saturated heterocycles. The molecule has 3 aromatic rings. The van der Waals surface area contributed by atoms with Crippen molar-refractivity contribution in [2.75, 3.05) is 38.7 Å². The molecule has 2 aliphatic rings. The van der Waals surface area contributed by atoms with Crippen LogP contribution < -0.4 is 20.1 Å². The number of carbonyl (C=O) groups is 1. The molecule has 13 heteroatoms. The van der Waals surface area contributed by atoms with E-state index in [0.29, 0.717) is 25.8 Å². The van der Waals surface area contributed by atoms with Crippen molar-refractivity contribution in [1.29, 1.82) is 5.41 Å².